The van der Waals surface area contributed by atoms with Gasteiger partial charge >= 0.3 is 0 Å². The maximum Gasteiger partial charge on any atom is 0.146 e. The van der Waals surface area contributed by atoms with E-state index in [1.54, 1.807) is 6.07 Å². The van der Waals surface area contributed by atoms with Gasteiger partial charge in [-0.2, -0.15) is 0 Å². The predicted molar refractivity (Wildman–Crippen MR) is 70.7 cm³/mol. The van der Waals surface area contributed by atoms with Crippen molar-refractivity contribution in [1.82, 2.24) is 0 Å². The van der Waals surface area contributed by atoms with Crippen molar-refractivity contribution in [2.45, 2.75) is 39.5 Å². The number of aryl methyl sites for hydroxylation is 1. The third-order valence-corrected chi connectivity index (χ3v) is 3.83. The lowest BCUT2D eigenvalue weighted by Crippen LogP contribution is -2.21. The average Bonchev–Trinajstić information content (AvgIpc) is 2.28. The zero-order chi connectivity index (χ0) is 12.3. The summed E-state index contributed by atoms with van der Waals surface area (Å²) in [4.78, 5) is 0. The largest absolute Gasteiger partial charge is 0.382 e. The molecule has 1 aromatic carbocycles. The standard InChI is InChI=1S/C15H22FN/c1-11-5-3-7-13(9-11)10-17-15-12(2)6-4-8-14(15)16/h4,6,8,11,13,17H,3,5,7,9-10H2,1-2H3. The van der Waals surface area contributed by atoms with E-state index in [9.17, 15) is 4.39 Å². The molecule has 2 unspecified atom stereocenters. The summed E-state index contributed by atoms with van der Waals surface area (Å²) in [5.41, 5.74) is 1.68. The Hall–Kier alpha value is -1.05. The summed E-state index contributed by atoms with van der Waals surface area (Å²) in [5, 5.41) is 3.30. The first-order chi connectivity index (χ1) is 8.16. The second-order valence-electron chi connectivity index (χ2n) is 5.45. The molecule has 0 aromatic heterocycles. The number of anilines is 1. The Morgan fingerprint density at radius 2 is 2.18 bits per heavy atom. The van der Waals surface area contributed by atoms with Gasteiger partial charge in [0.25, 0.3) is 0 Å². The zero-order valence-corrected chi connectivity index (χ0v) is 10.8. The fourth-order valence-electron chi connectivity index (χ4n) is 2.85. The Kier molecular flexibility index (Phi) is 4.03. The maximum atomic E-state index is 13.6. The van der Waals surface area contributed by atoms with Crippen molar-refractivity contribution in [1.29, 1.82) is 0 Å². The third-order valence-electron chi connectivity index (χ3n) is 3.83. The Balaban J connectivity index is 1.93. The molecule has 0 amide bonds. The number of hydrogen-bond donors (Lipinski definition) is 1. The summed E-state index contributed by atoms with van der Waals surface area (Å²) < 4.78 is 13.6. The molecule has 1 aliphatic carbocycles. The number of halogens is 1. The van der Waals surface area contributed by atoms with Crippen LogP contribution in [0.5, 0.6) is 0 Å². The van der Waals surface area contributed by atoms with Crippen LogP contribution in [0.4, 0.5) is 10.1 Å². The van der Waals surface area contributed by atoms with E-state index in [1.807, 2.05) is 13.0 Å². The van der Waals surface area contributed by atoms with Crippen LogP contribution in [-0.4, -0.2) is 6.54 Å². The summed E-state index contributed by atoms with van der Waals surface area (Å²) in [6.07, 6.45) is 5.24. The molecule has 1 aromatic rings. The third kappa shape index (κ3) is 3.21. The first-order valence-electron chi connectivity index (χ1n) is 6.66. The first-order valence-corrected chi connectivity index (χ1v) is 6.66. The van der Waals surface area contributed by atoms with Gasteiger partial charge in [0.05, 0.1) is 5.69 Å². The highest BCUT2D eigenvalue weighted by atomic mass is 19.1. The van der Waals surface area contributed by atoms with Gasteiger partial charge in [-0.1, -0.05) is 31.9 Å². The van der Waals surface area contributed by atoms with Gasteiger partial charge in [-0.15, -0.1) is 0 Å². The van der Waals surface area contributed by atoms with Crippen LogP contribution in [-0.2, 0) is 0 Å². The van der Waals surface area contributed by atoms with Crippen LogP contribution >= 0.6 is 0 Å². The van der Waals surface area contributed by atoms with Gasteiger partial charge in [-0.25, -0.2) is 4.39 Å². The molecular formula is C15H22FN. The number of para-hydroxylation sites is 1. The second-order valence-corrected chi connectivity index (χ2v) is 5.45. The van der Waals surface area contributed by atoms with Crippen molar-refractivity contribution in [2.24, 2.45) is 11.8 Å². The topological polar surface area (TPSA) is 12.0 Å². The van der Waals surface area contributed by atoms with Gasteiger partial charge in [-0.05, 0) is 43.2 Å². The maximum absolute atomic E-state index is 13.6. The first kappa shape index (κ1) is 12.4. The van der Waals surface area contributed by atoms with Crippen molar-refractivity contribution >= 4 is 5.69 Å². The molecule has 0 heterocycles. The van der Waals surface area contributed by atoms with Gasteiger partial charge in [-0.3, -0.25) is 0 Å². The van der Waals surface area contributed by atoms with Gasteiger partial charge in [0.2, 0.25) is 0 Å². The number of nitrogens with one attached hydrogen (secondary N) is 1. The quantitative estimate of drug-likeness (QED) is 0.820. The molecule has 1 fully saturated rings. The number of hydrogen-bond acceptors (Lipinski definition) is 1. The van der Waals surface area contributed by atoms with Crippen LogP contribution in [0, 0.1) is 24.6 Å². The summed E-state index contributed by atoms with van der Waals surface area (Å²) in [5.74, 6) is 1.41. The van der Waals surface area contributed by atoms with Crippen LogP contribution in [0.15, 0.2) is 18.2 Å². The second kappa shape index (κ2) is 5.52. The highest BCUT2D eigenvalue weighted by Gasteiger charge is 2.19. The monoisotopic (exact) mass is 235 g/mol. The van der Waals surface area contributed by atoms with Crippen LogP contribution in [0.25, 0.3) is 0 Å². The van der Waals surface area contributed by atoms with E-state index in [0.29, 0.717) is 11.6 Å². The zero-order valence-electron chi connectivity index (χ0n) is 10.8. The van der Waals surface area contributed by atoms with E-state index in [1.165, 1.54) is 31.7 Å². The molecule has 94 valence electrons. The lowest BCUT2D eigenvalue weighted by Gasteiger charge is -2.27. The van der Waals surface area contributed by atoms with Crippen LogP contribution < -0.4 is 5.32 Å². The lowest BCUT2D eigenvalue weighted by atomic mass is 9.82. The van der Waals surface area contributed by atoms with Crippen molar-refractivity contribution in [2.75, 3.05) is 11.9 Å². The predicted octanol–water partition coefficient (Wildman–Crippen LogP) is 4.37. The summed E-state index contributed by atoms with van der Waals surface area (Å²) in [7, 11) is 0. The minimum absolute atomic E-state index is 0.131. The average molecular weight is 235 g/mol. The van der Waals surface area contributed by atoms with Gasteiger partial charge in [0, 0.05) is 6.54 Å². The molecule has 2 atom stereocenters. The molecule has 0 bridgehead atoms. The molecular weight excluding hydrogens is 213 g/mol. The summed E-state index contributed by atoms with van der Waals surface area (Å²) in [6.45, 7) is 5.18. The molecule has 0 spiro atoms. The van der Waals surface area contributed by atoms with Crippen molar-refractivity contribution in [3.05, 3.63) is 29.6 Å². The Labute approximate surface area is 103 Å². The van der Waals surface area contributed by atoms with Crippen molar-refractivity contribution < 1.29 is 4.39 Å². The van der Waals surface area contributed by atoms with Crippen molar-refractivity contribution in [3.8, 4) is 0 Å². The number of benzene rings is 1. The molecule has 2 heteroatoms. The molecule has 0 radical (unpaired) electrons. The van der Waals surface area contributed by atoms with E-state index in [0.717, 1.165) is 18.0 Å². The van der Waals surface area contributed by atoms with E-state index in [-0.39, 0.29) is 5.82 Å². The minimum atomic E-state index is -0.131. The van der Waals surface area contributed by atoms with E-state index < -0.39 is 0 Å². The highest BCUT2D eigenvalue weighted by molar-refractivity contribution is 5.51. The molecule has 0 saturated heterocycles. The Morgan fingerprint density at radius 3 is 2.88 bits per heavy atom. The highest BCUT2D eigenvalue weighted by Crippen LogP contribution is 2.29. The van der Waals surface area contributed by atoms with Crippen molar-refractivity contribution in [3.63, 3.8) is 0 Å². The Morgan fingerprint density at radius 1 is 1.35 bits per heavy atom. The molecule has 1 aliphatic rings. The van der Waals surface area contributed by atoms with Crippen LogP contribution in [0.3, 0.4) is 0 Å². The molecule has 1 saturated carbocycles. The van der Waals surface area contributed by atoms with E-state index in [4.69, 9.17) is 0 Å². The van der Waals surface area contributed by atoms with Crippen LogP contribution in [0.2, 0.25) is 0 Å². The normalized spacial score (nSPS) is 24.6. The molecule has 1 N–H and O–H groups in total. The fraction of sp³-hybridized carbons (Fsp3) is 0.600. The summed E-state index contributed by atoms with van der Waals surface area (Å²) in [6, 6.07) is 5.24. The lowest BCUT2D eigenvalue weighted by molar-refractivity contribution is 0.293. The van der Waals surface area contributed by atoms with Gasteiger partial charge in [0.1, 0.15) is 5.82 Å². The molecule has 2 rings (SSSR count). The smallest absolute Gasteiger partial charge is 0.146 e. The molecule has 0 aliphatic heterocycles. The Bertz CT molecular complexity index is 355. The van der Waals surface area contributed by atoms with E-state index >= 15 is 0 Å². The molecule has 17 heavy (non-hydrogen) atoms. The van der Waals surface area contributed by atoms with Gasteiger partial charge in [0.15, 0.2) is 0 Å². The number of rotatable bonds is 3. The molecule has 1 nitrogen and oxygen atoms in total. The van der Waals surface area contributed by atoms with Gasteiger partial charge < -0.3 is 5.32 Å². The summed E-state index contributed by atoms with van der Waals surface area (Å²) >= 11 is 0. The minimum Gasteiger partial charge on any atom is -0.382 e. The fourth-order valence-corrected chi connectivity index (χ4v) is 2.85. The van der Waals surface area contributed by atoms with Crippen LogP contribution in [0.1, 0.15) is 38.2 Å². The SMILES string of the molecule is Cc1cccc(F)c1NCC1CCCC(C)C1. The van der Waals surface area contributed by atoms with E-state index in [2.05, 4.69) is 12.2 Å².